The second kappa shape index (κ2) is 10.5. The summed E-state index contributed by atoms with van der Waals surface area (Å²) in [6.07, 6.45) is -2.53. The molecule has 0 amide bonds. The van der Waals surface area contributed by atoms with E-state index in [0.717, 1.165) is 10.1 Å². The van der Waals surface area contributed by atoms with Crippen LogP contribution in [0.4, 0.5) is 4.39 Å². The van der Waals surface area contributed by atoms with Crippen molar-refractivity contribution >= 4 is 13.5 Å². The molecule has 33 heavy (non-hydrogen) atoms. The molecule has 1 aromatic carbocycles. The monoisotopic (exact) mass is 485 g/mol. The number of nitrogens with zero attached hydrogens (tertiary/aromatic N) is 1. The summed E-state index contributed by atoms with van der Waals surface area (Å²) in [6, 6.07) is 8.13. The van der Waals surface area contributed by atoms with Gasteiger partial charge >= 0.3 is 11.7 Å². The van der Waals surface area contributed by atoms with E-state index in [4.69, 9.17) is 14.0 Å². The van der Waals surface area contributed by atoms with E-state index in [1.54, 1.807) is 12.1 Å². The summed E-state index contributed by atoms with van der Waals surface area (Å²) in [5, 5.41) is 12.8. The Labute approximate surface area is 188 Å². The number of aromatic amines is 1. The third-order valence-corrected chi connectivity index (χ3v) is 6.43. The lowest BCUT2D eigenvalue weighted by Gasteiger charge is -2.22. The Morgan fingerprint density at radius 2 is 2.09 bits per heavy atom. The highest BCUT2D eigenvalue weighted by Crippen LogP contribution is 2.40. The summed E-state index contributed by atoms with van der Waals surface area (Å²) in [5.74, 6) is -1.80. The molecule has 2 heterocycles. The van der Waals surface area contributed by atoms with Crippen LogP contribution >= 0.6 is 7.52 Å². The molecule has 1 aliphatic heterocycles. The fraction of sp³-hybridized carbons (Fsp3) is 0.450. The van der Waals surface area contributed by atoms with E-state index in [0.29, 0.717) is 6.20 Å². The van der Waals surface area contributed by atoms with Gasteiger partial charge in [0.1, 0.15) is 25.0 Å². The van der Waals surface area contributed by atoms with Gasteiger partial charge in [0.25, 0.3) is 13.1 Å². The summed E-state index contributed by atoms with van der Waals surface area (Å²) in [5.41, 5.74) is -1.26. The number of carbonyl (C=O) groups is 1. The van der Waals surface area contributed by atoms with Crippen LogP contribution in [0.3, 0.4) is 0 Å². The van der Waals surface area contributed by atoms with Crippen LogP contribution < -0.4 is 16.3 Å². The molecule has 13 heteroatoms. The summed E-state index contributed by atoms with van der Waals surface area (Å²) in [6.45, 7) is 2.47. The lowest BCUT2D eigenvalue weighted by molar-refractivity contribution is -0.146. The molecule has 0 bridgehead atoms. The number of rotatable bonds is 9. The summed E-state index contributed by atoms with van der Waals surface area (Å²) in [7, 11) is -3.51. The Hall–Kier alpha value is -2.63. The van der Waals surface area contributed by atoms with E-state index < -0.39 is 55.0 Å². The highest BCUT2D eigenvalue weighted by atomic mass is 31.2. The molecule has 180 valence electrons. The number of aromatic nitrogens is 2. The number of nitrogens with one attached hydrogen (secondary N) is 2. The van der Waals surface area contributed by atoms with Crippen LogP contribution in [0.1, 0.15) is 25.1 Å². The minimum Gasteiger partial charge on any atom is -0.460 e. The largest absolute Gasteiger partial charge is 0.460 e. The summed E-state index contributed by atoms with van der Waals surface area (Å²) in [4.78, 5) is 37.0. The van der Waals surface area contributed by atoms with Gasteiger partial charge in [-0.25, -0.2) is 9.88 Å². The number of carbonyl (C=O) groups excluding carboxylic acids is 1. The molecular formula is C20H25FN3O8P. The highest BCUT2D eigenvalue weighted by Gasteiger charge is 2.37. The van der Waals surface area contributed by atoms with Crippen molar-refractivity contribution in [3.05, 3.63) is 68.7 Å². The first-order valence-electron chi connectivity index (χ1n) is 10.1. The van der Waals surface area contributed by atoms with Gasteiger partial charge in [-0.3, -0.25) is 23.7 Å². The second-order valence-electron chi connectivity index (χ2n) is 7.66. The molecule has 2 aromatic rings. The number of hydrogen-bond acceptors (Lipinski definition) is 8. The van der Waals surface area contributed by atoms with Crippen molar-refractivity contribution < 1.29 is 32.9 Å². The van der Waals surface area contributed by atoms with Gasteiger partial charge in [0, 0.05) is 13.1 Å². The molecule has 0 unspecified atom stereocenters. The zero-order valence-electron chi connectivity index (χ0n) is 18.0. The molecule has 1 saturated heterocycles. The molecule has 3 N–H and O–H groups in total. The van der Waals surface area contributed by atoms with E-state index in [1.165, 1.54) is 13.6 Å². The maximum absolute atomic E-state index is 13.5. The topological polar surface area (TPSA) is 149 Å². The lowest BCUT2D eigenvalue weighted by Crippen LogP contribution is -2.35. The SMILES string of the molecule is C[C@H](N[P@](C)(=O)OC[C@H]1O[C@@H](n2cc(F)c(=O)[nH]c2=O)C[C@@H]1O)C(=O)OCc1ccccc1. The normalized spacial score (nSPS) is 23.1. The Morgan fingerprint density at radius 1 is 1.39 bits per heavy atom. The Bertz CT molecular complexity index is 1140. The number of esters is 1. The number of aliphatic hydroxyl groups excluding tert-OH is 1. The smallest absolute Gasteiger partial charge is 0.330 e. The molecule has 1 fully saturated rings. The predicted octanol–water partition coefficient (Wildman–Crippen LogP) is 0.885. The maximum Gasteiger partial charge on any atom is 0.330 e. The average Bonchev–Trinajstić information content (AvgIpc) is 3.14. The van der Waals surface area contributed by atoms with E-state index >= 15 is 0 Å². The first kappa shape index (κ1) is 25.0. The third kappa shape index (κ3) is 6.68. The van der Waals surface area contributed by atoms with Crippen molar-refractivity contribution in [1.82, 2.24) is 14.6 Å². The van der Waals surface area contributed by atoms with Crippen molar-refractivity contribution in [3.63, 3.8) is 0 Å². The van der Waals surface area contributed by atoms with Gasteiger partial charge in [-0.2, -0.15) is 4.39 Å². The number of benzene rings is 1. The van der Waals surface area contributed by atoms with Crippen molar-refractivity contribution in [2.75, 3.05) is 13.3 Å². The number of aliphatic hydroxyl groups is 1. The minimum atomic E-state index is -3.51. The Morgan fingerprint density at radius 3 is 2.79 bits per heavy atom. The van der Waals surface area contributed by atoms with E-state index in [9.17, 15) is 28.4 Å². The molecular weight excluding hydrogens is 460 g/mol. The van der Waals surface area contributed by atoms with Crippen LogP contribution in [0.5, 0.6) is 0 Å². The fourth-order valence-corrected chi connectivity index (χ4v) is 4.54. The molecule has 1 aromatic heterocycles. The van der Waals surface area contributed by atoms with Crippen LogP contribution in [0.25, 0.3) is 0 Å². The van der Waals surface area contributed by atoms with Crippen LogP contribution in [-0.2, 0) is 30.0 Å². The molecule has 0 saturated carbocycles. The van der Waals surface area contributed by atoms with Gasteiger partial charge in [-0.05, 0) is 12.5 Å². The van der Waals surface area contributed by atoms with Gasteiger partial charge in [0.15, 0.2) is 0 Å². The Balaban J connectivity index is 1.51. The quantitative estimate of drug-likeness (QED) is 0.348. The highest BCUT2D eigenvalue weighted by molar-refractivity contribution is 7.56. The van der Waals surface area contributed by atoms with Gasteiger partial charge in [-0.1, -0.05) is 30.3 Å². The van der Waals surface area contributed by atoms with Gasteiger partial charge in [0.2, 0.25) is 5.82 Å². The van der Waals surface area contributed by atoms with Crippen molar-refractivity contribution in [2.45, 2.75) is 44.4 Å². The first-order valence-corrected chi connectivity index (χ1v) is 12.2. The second-order valence-corrected chi connectivity index (χ2v) is 9.87. The zero-order valence-corrected chi connectivity index (χ0v) is 18.9. The van der Waals surface area contributed by atoms with Crippen LogP contribution in [0.15, 0.2) is 46.1 Å². The van der Waals surface area contributed by atoms with E-state index in [-0.39, 0.29) is 19.6 Å². The number of hydrogen-bond donors (Lipinski definition) is 3. The average molecular weight is 485 g/mol. The zero-order chi connectivity index (χ0) is 24.2. The van der Waals surface area contributed by atoms with E-state index in [1.807, 2.05) is 23.2 Å². The van der Waals surface area contributed by atoms with Crippen LogP contribution in [-0.4, -0.2) is 52.1 Å². The molecule has 3 rings (SSSR count). The molecule has 0 radical (unpaired) electrons. The molecule has 0 spiro atoms. The van der Waals surface area contributed by atoms with Crippen LogP contribution in [0, 0.1) is 5.82 Å². The van der Waals surface area contributed by atoms with Crippen molar-refractivity contribution in [3.8, 4) is 0 Å². The van der Waals surface area contributed by atoms with E-state index in [2.05, 4.69) is 5.09 Å². The lowest BCUT2D eigenvalue weighted by atomic mass is 10.2. The van der Waals surface area contributed by atoms with Crippen LogP contribution in [0.2, 0.25) is 0 Å². The number of ether oxygens (including phenoxy) is 2. The molecule has 11 nitrogen and oxygen atoms in total. The standard InChI is InChI=1S/C20H25FN3O8P/c1-12(19(27)30-10-13-6-4-3-5-7-13)23-33(2,29)31-11-16-15(25)8-17(32-16)24-9-14(21)18(26)22-20(24)28/h3-7,9,12,15-17,25H,8,10-11H2,1-2H3,(H,23,29)(H,22,26,28)/t12-,15-,16+,17+,33+/m0/s1. The third-order valence-electron chi connectivity index (χ3n) is 4.93. The van der Waals surface area contributed by atoms with Gasteiger partial charge in [-0.15, -0.1) is 0 Å². The molecule has 5 atom stereocenters. The fourth-order valence-electron chi connectivity index (χ4n) is 3.22. The number of halogens is 1. The predicted molar refractivity (Wildman–Crippen MR) is 114 cm³/mol. The van der Waals surface area contributed by atoms with Gasteiger partial charge in [0.05, 0.1) is 18.9 Å². The van der Waals surface area contributed by atoms with Crippen molar-refractivity contribution in [2.24, 2.45) is 0 Å². The first-order chi connectivity index (χ1) is 15.6. The van der Waals surface area contributed by atoms with Crippen molar-refractivity contribution in [1.29, 1.82) is 0 Å². The minimum absolute atomic E-state index is 0.0643. The summed E-state index contributed by atoms with van der Waals surface area (Å²) >= 11 is 0. The number of H-pyrrole nitrogens is 1. The molecule has 0 aliphatic carbocycles. The Kier molecular flexibility index (Phi) is 7.98. The molecule has 1 aliphatic rings. The summed E-state index contributed by atoms with van der Waals surface area (Å²) < 4.78 is 43.1. The van der Waals surface area contributed by atoms with Gasteiger partial charge < -0.3 is 19.1 Å². The maximum atomic E-state index is 13.5.